The van der Waals surface area contributed by atoms with E-state index in [0.717, 1.165) is 12.1 Å². The van der Waals surface area contributed by atoms with E-state index in [0.29, 0.717) is 24.4 Å². The molecule has 2 aromatic heterocycles. The number of hydrogen-bond acceptors (Lipinski definition) is 4. The number of fused-ring (bicyclic) bond motifs is 1. The van der Waals surface area contributed by atoms with Crippen molar-refractivity contribution in [1.82, 2.24) is 14.3 Å². The normalized spacial score (nSPS) is 17.4. The van der Waals surface area contributed by atoms with Crippen LogP contribution in [0, 0.1) is 0 Å². The number of benzene rings is 1. The van der Waals surface area contributed by atoms with Crippen molar-refractivity contribution in [3.05, 3.63) is 76.8 Å². The minimum absolute atomic E-state index is 0.0937. The number of rotatable bonds is 4. The summed E-state index contributed by atoms with van der Waals surface area (Å²) in [5.74, 6) is 0.0937. The van der Waals surface area contributed by atoms with Crippen LogP contribution in [0.5, 0.6) is 0 Å². The molecular weight excluding hydrogens is 328 g/mol. The molecule has 1 saturated heterocycles. The second-order valence-electron chi connectivity index (χ2n) is 6.56. The highest BCUT2D eigenvalue weighted by molar-refractivity contribution is 5.99. The average molecular weight is 348 g/mol. The fourth-order valence-electron chi connectivity index (χ4n) is 3.49. The number of aromatic nitrogens is 2. The molecule has 0 unspecified atom stereocenters. The number of likely N-dealkylation sites (N-methyl/N-ethyl adjacent to an activating group) is 1. The first kappa shape index (κ1) is 16.5. The number of pyridine rings is 1. The smallest absolute Gasteiger partial charge is 0.258 e. The summed E-state index contributed by atoms with van der Waals surface area (Å²) >= 11 is 0. The largest absolute Gasteiger partial charge is 0.311 e. The highest BCUT2D eigenvalue weighted by Gasteiger charge is 2.35. The monoisotopic (exact) mass is 348 g/mol. The van der Waals surface area contributed by atoms with Gasteiger partial charge in [-0.15, -0.1) is 0 Å². The lowest BCUT2D eigenvalue weighted by Gasteiger charge is -2.23. The molecule has 4 rings (SSSR count). The van der Waals surface area contributed by atoms with Crippen molar-refractivity contribution < 1.29 is 4.79 Å². The van der Waals surface area contributed by atoms with Gasteiger partial charge in [-0.05, 0) is 37.7 Å². The van der Waals surface area contributed by atoms with Gasteiger partial charge in [0, 0.05) is 31.0 Å². The number of para-hydroxylation sites is 1. The molecule has 1 amide bonds. The summed E-state index contributed by atoms with van der Waals surface area (Å²) in [6, 6.07) is 16.5. The summed E-state index contributed by atoms with van der Waals surface area (Å²) in [4.78, 5) is 33.4. The molecule has 3 aromatic rings. The van der Waals surface area contributed by atoms with E-state index in [2.05, 4.69) is 4.98 Å². The Morgan fingerprint density at radius 3 is 2.69 bits per heavy atom. The first-order valence-electron chi connectivity index (χ1n) is 8.67. The van der Waals surface area contributed by atoms with Gasteiger partial charge in [0.05, 0.1) is 11.7 Å². The van der Waals surface area contributed by atoms with E-state index < -0.39 is 0 Å². The van der Waals surface area contributed by atoms with Crippen LogP contribution in [0.1, 0.15) is 12.1 Å². The molecule has 132 valence electrons. The Kier molecular flexibility index (Phi) is 4.26. The first-order valence-corrected chi connectivity index (χ1v) is 8.67. The van der Waals surface area contributed by atoms with Crippen molar-refractivity contribution in [1.29, 1.82) is 0 Å². The standard InChI is InChI=1S/C20H20N4O2/c1-22(14-15-13-19(25)24-11-6-5-9-18(24)21-15)17-10-12-23(20(17)26)16-7-3-2-4-8-16/h2-9,11,13,17H,10,12,14H2,1H3/t17-/m1/s1. The predicted molar refractivity (Wildman–Crippen MR) is 100 cm³/mol. The number of amides is 1. The van der Waals surface area contributed by atoms with E-state index in [-0.39, 0.29) is 17.5 Å². The fraction of sp³-hybridized carbons (Fsp3) is 0.250. The maximum Gasteiger partial charge on any atom is 0.258 e. The first-order chi connectivity index (χ1) is 12.6. The van der Waals surface area contributed by atoms with Crippen LogP contribution in [0.3, 0.4) is 0 Å². The van der Waals surface area contributed by atoms with Crippen LogP contribution in [-0.4, -0.2) is 39.8 Å². The molecule has 1 atom stereocenters. The molecular formula is C20H20N4O2. The lowest BCUT2D eigenvalue weighted by atomic mass is 10.2. The molecule has 3 heterocycles. The van der Waals surface area contributed by atoms with E-state index >= 15 is 0 Å². The number of carbonyl (C=O) groups is 1. The number of hydrogen-bond donors (Lipinski definition) is 0. The van der Waals surface area contributed by atoms with Crippen molar-refractivity contribution >= 4 is 17.2 Å². The lowest BCUT2D eigenvalue weighted by Crippen LogP contribution is -2.39. The molecule has 26 heavy (non-hydrogen) atoms. The molecule has 1 aromatic carbocycles. The van der Waals surface area contributed by atoms with Crippen molar-refractivity contribution in [2.45, 2.75) is 19.0 Å². The molecule has 6 nitrogen and oxygen atoms in total. The zero-order valence-electron chi connectivity index (χ0n) is 14.6. The van der Waals surface area contributed by atoms with Crippen molar-refractivity contribution in [2.75, 3.05) is 18.5 Å². The molecule has 0 saturated carbocycles. The molecule has 6 heteroatoms. The maximum absolute atomic E-state index is 12.8. The Bertz CT molecular complexity index is 999. The highest BCUT2D eigenvalue weighted by atomic mass is 16.2. The topological polar surface area (TPSA) is 57.9 Å². The predicted octanol–water partition coefficient (Wildman–Crippen LogP) is 1.93. The van der Waals surface area contributed by atoms with E-state index in [4.69, 9.17) is 0 Å². The minimum Gasteiger partial charge on any atom is -0.311 e. The summed E-state index contributed by atoms with van der Waals surface area (Å²) in [5, 5.41) is 0. The van der Waals surface area contributed by atoms with Gasteiger partial charge in [0.2, 0.25) is 5.91 Å². The van der Waals surface area contributed by atoms with E-state index in [9.17, 15) is 9.59 Å². The van der Waals surface area contributed by atoms with Crippen molar-refractivity contribution in [3.8, 4) is 0 Å². The molecule has 0 N–H and O–H groups in total. The van der Waals surface area contributed by atoms with Gasteiger partial charge in [-0.3, -0.25) is 18.9 Å². The minimum atomic E-state index is -0.203. The van der Waals surface area contributed by atoms with Crippen molar-refractivity contribution in [2.24, 2.45) is 0 Å². The number of anilines is 1. The van der Waals surface area contributed by atoms with Crippen LogP contribution in [0.25, 0.3) is 5.65 Å². The molecule has 1 aliphatic heterocycles. The van der Waals surface area contributed by atoms with Crippen LogP contribution < -0.4 is 10.5 Å². The SMILES string of the molecule is CN(Cc1cc(=O)n2ccccc2n1)[C@@H]1CCN(c2ccccc2)C1=O. The van der Waals surface area contributed by atoms with Crippen LogP contribution in [0.2, 0.25) is 0 Å². The fourth-order valence-corrected chi connectivity index (χ4v) is 3.49. The molecule has 0 radical (unpaired) electrons. The molecule has 1 fully saturated rings. The van der Waals surface area contributed by atoms with Gasteiger partial charge in [-0.25, -0.2) is 4.98 Å². The summed E-state index contributed by atoms with van der Waals surface area (Å²) in [7, 11) is 1.91. The van der Waals surface area contributed by atoms with Crippen LogP contribution >= 0.6 is 0 Å². The molecule has 0 spiro atoms. The summed E-state index contributed by atoms with van der Waals surface area (Å²) in [6.07, 6.45) is 2.47. The summed E-state index contributed by atoms with van der Waals surface area (Å²) in [6.45, 7) is 1.16. The van der Waals surface area contributed by atoms with E-state index in [1.165, 1.54) is 10.5 Å². The Morgan fingerprint density at radius 2 is 1.88 bits per heavy atom. The third-order valence-electron chi connectivity index (χ3n) is 4.81. The van der Waals surface area contributed by atoms with Gasteiger partial charge in [-0.2, -0.15) is 0 Å². The zero-order valence-corrected chi connectivity index (χ0v) is 14.6. The van der Waals surface area contributed by atoms with Gasteiger partial charge in [0.15, 0.2) is 0 Å². The Hall–Kier alpha value is -2.99. The van der Waals surface area contributed by atoms with E-state index in [1.807, 2.05) is 59.3 Å². The van der Waals surface area contributed by atoms with Gasteiger partial charge in [0.25, 0.3) is 5.56 Å². The lowest BCUT2D eigenvalue weighted by molar-refractivity contribution is -0.121. The number of nitrogens with zero attached hydrogens (tertiary/aromatic N) is 4. The average Bonchev–Trinajstić information content (AvgIpc) is 3.04. The molecule has 0 bridgehead atoms. The zero-order chi connectivity index (χ0) is 18.1. The number of carbonyl (C=O) groups excluding carboxylic acids is 1. The van der Waals surface area contributed by atoms with Crippen LogP contribution in [0.15, 0.2) is 65.6 Å². The van der Waals surface area contributed by atoms with Gasteiger partial charge in [-0.1, -0.05) is 24.3 Å². The molecule has 1 aliphatic rings. The third kappa shape index (κ3) is 2.99. The second kappa shape index (κ2) is 6.72. The Morgan fingerprint density at radius 1 is 1.12 bits per heavy atom. The Balaban J connectivity index is 1.53. The van der Waals surface area contributed by atoms with Crippen molar-refractivity contribution in [3.63, 3.8) is 0 Å². The third-order valence-corrected chi connectivity index (χ3v) is 4.81. The highest BCUT2D eigenvalue weighted by Crippen LogP contribution is 2.24. The Labute approximate surface area is 151 Å². The summed E-state index contributed by atoms with van der Waals surface area (Å²) in [5.41, 5.74) is 2.11. The van der Waals surface area contributed by atoms with E-state index in [1.54, 1.807) is 12.3 Å². The van der Waals surface area contributed by atoms with Crippen LogP contribution in [-0.2, 0) is 11.3 Å². The van der Waals surface area contributed by atoms with Gasteiger partial charge >= 0.3 is 0 Å². The molecule has 0 aliphatic carbocycles. The maximum atomic E-state index is 12.8. The van der Waals surface area contributed by atoms with Gasteiger partial charge < -0.3 is 4.90 Å². The summed E-state index contributed by atoms with van der Waals surface area (Å²) < 4.78 is 1.52. The van der Waals surface area contributed by atoms with Crippen LogP contribution in [0.4, 0.5) is 5.69 Å². The second-order valence-corrected chi connectivity index (χ2v) is 6.56. The van der Waals surface area contributed by atoms with Gasteiger partial charge in [0.1, 0.15) is 5.65 Å². The quantitative estimate of drug-likeness (QED) is 0.723.